The predicted octanol–water partition coefficient (Wildman–Crippen LogP) is 3.56. The van der Waals surface area contributed by atoms with E-state index in [1.165, 1.54) is 58.6 Å². The number of likely N-dealkylation sites (tertiary alicyclic amines) is 1. The van der Waals surface area contributed by atoms with Crippen molar-refractivity contribution in [1.82, 2.24) is 5.32 Å². The summed E-state index contributed by atoms with van der Waals surface area (Å²) < 4.78 is 84.2. The van der Waals surface area contributed by atoms with Crippen molar-refractivity contribution in [3.8, 4) is 17.2 Å². The van der Waals surface area contributed by atoms with E-state index in [0.717, 1.165) is 18.2 Å². The van der Waals surface area contributed by atoms with Crippen LogP contribution in [0.3, 0.4) is 0 Å². The van der Waals surface area contributed by atoms with Crippen LogP contribution < -0.4 is 23.8 Å². The van der Waals surface area contributed by atoms with E-state index in [4.69, 9.17) is 21.1 Å². The maximum atomic E-state index is 15.3. The number of ether oxygens (including phenoxy) is 3. The Morgan fingerprint density at radius 3 is 2.39 bits per heavy atom. The highest BCUT2D eigenvalue weighted by Crippen LogP contribution is 2.58. The minimum atomic E-state index is -5.30. The molecule has 2 aliphatic rings. The number of fused-ring (bicyclic) bond motifs is 1. The Kier molecular flexibility index (Phi) is 8.43. The van der Waals surface area contributed by atoms with Crippen molar-refractivity contribution in [3.05, 3.63) is 76.8 Å². The first kappa shape index (κ1) is 33.3. The molecule has 0 aromatic heterocycles. The second kappa shape index (κ2) is 11.6. The van der Waals surface area contributed by atoms with Crippen LogP contribution in [0.4, 0.5) is 18.9 Å². The second-order valence-electron chi connectivity index (χ2n) is 11.0. The lowest BCUT2D eigenvalue weighted by Gasteiger charge is -2.48. The molecule has 2 unspecified atom stereocenters. The van der Waals surface area contributed by atoms with Crippen molar-refractivity contribution in [2.45, 2.75) is 35.4 Å². The summed E-state index contributed by atoms with van der Waals surface area (Å²) in [6, 6.07) is 11.8. The molecule has 2 aliphatic heterocycles. The quantitative estimate of drug-likeness (QED) is 0.345. The van der Waals surface area contributed by atoms with E-state index >= 15 is 4.79 Å². The van der Waals surface area contributed by atoms with E-state index in [9.17, 15) is 31.5 Å². The molecule has 0 spiro atoms. The van der Waals surface area contributed by atoms with Crippen LogP contribution in [0.1, 0.15) is 17.5 Å². The molecule has 0 bridgehead atoms. The number of para-hydroxylation sites is 1. The van der Waals surface area contributed by atoms with Gasteiger partial charge in [-0.1, -0.05) is 23.7 Å². The lowest BCUT2D eigenvalue weighted by molar-refractivity contribution is -0.953. The summed E-state index contributed by atoms with van der Waals surface area (Å²) in [6.07, 6.45) is -6.50. The van der Waals surface area contributed by atoms with Gasteiger partial charge in [-0.05, 0) is 42.5 Å². The predicted molar refractivity (Wildman–Crippen MR) is 159 cm³/mol. The highest BCUT2D eigenvalue weighted by molar-refractivity contribution is 7.93. The third-order valence-electron chi connectivity index (χ3n) is 8.54. The van der Waals surface area contributed by atoms with Gasteiger partial charge in [0.05, 0.1) is 38.1 Å². The minimum Gasteiger partial charge on any atom is -0.497 e. The van der Waals surface area contributed by atoms with Crippen LogP contribution in [-0.4, -0.2) is 83.2 Å². The monoisotopic (exact) mass is 684 g/mol. The van der Waals surface area contributed by atoms with Gasteiger partial charge >= 0.3 is 12.3 Å². The molecule has 246 valence electrons. The van der Waals surface area contributed by atoms with E-state index < -0.39 is 61.0 Å². The number of likely N-dealkylation sites (N-methyl/N-ethyl adjacent to an activating group) is 2. The maximum absolute atomic E-state index is 15.3. The molecule has 2 amide bonds. The Bertz CT molecular complexity index is 1820. The van der Waals surface area contributed by atoms with Crippen molar-refractivity contribution >= 4 is 39.1 Å². The number of hydrogen-bond donors (Lipinski definition) is 2. The normalized spacial score (nSPS) is 24.5. The lowest BCUT2D eigenvalue weighted by Crippen LogP contribution is -2.69. The molecule has 46 heavy (non-hydrogen) atoms. The molecule has 0 aliphatic carbocycles. The van der Waals surface area contributed by atoms with Gasteiger partial charge in [-0.2, -0.15) is 4.31 Å². The van der Waals surface area contributed by atoms with Crippen LogP contribution >= 0.6 is 11.6 Å². The number of methoxy groups -OCH3 is 2. The van der Waals surface area contributed by atoms with Crippen LogP contribution in [0.2, 0.25) is 5.02 Å². The molecule has 0 radical (unpaired) electrons. The number of halogens is 4. The Morgan fingerprint density at radius 1 is 1.07 bits per heavy atom. The summed E-state index contributed by atoms with van der Waals surface area (Å²) in [6.45, 7) is -0.202. The van der Waals surface area contributed by atoms with Crippen LogP contribution in [0.15, 0.2) is 65.6 Å². The first-order valence-corrected chi connectivity index (χ1v) is 15.6. The topological polar surface area (TPSA) is 131 Å². The molecule has 2 N–H and O–H groups in total. The molecule has 5 rings (SSSR count). The number of nitrogens with zero attached hydrogens (tertiary/aromatic N) is 2. The number of aliphatic hydroxyl groups excluding tert-OH is 1. The number of rotatable bonds is 8. The molecule has 1 fully saturated rings. The number of aliphatic hydroxyl groups is 1. The van der Waals surface area contributed by atoms with Gasteiger partial charge < -0.3 is 24.6 Å². The van der Waals surface area contributed by atoms with Crippen LogP contribution in [0.25, 0.3) is 0 Å². The smallest absolute Gasteiger partial charge is 0.497 e. The number of carbonyl (C=O) groups excluding carboxylic acids is 2. The standard InChI is InChI=1S/C30H29ClF3N3O8S/c1-35-27(39)23-14-18(38)16-37(23,2)29(20-7-5-6-8-24(20)44-4)21-13-17(31)9-11-22(21)36(28(29)40)46(41,42)26-12-10-19(43-3)15-25(26)45-30(32,33)34/h5-13,15,18,23,38H,14,16H2,1-4H3/p+1/t18-,23+,29?,37?/m1/s1. The minimum absolute atomic E-state index is 0.0235. The third-order valence-corrected chi connectivity index (χ3v) is 10.5. The number of sulfonamides is 1. The summed E-state index contributed by atoms with van der Waals surface area (Å²) in [5, 5.41) is 13.6. The fraction of sp³-hybridized carbons (Fsp3) is 0.333. The average molecular weight is 685 g/mol. The van der Waals surface area contributed by atoms with Gasteiger partial charge in [0, 0.05) is 24.6 Å². The van der Waals surface area contributed by atoms with E-state index in [2.05, 4.69) is 10.1 Å². The SMILES string of the molecule is CNC(=O)[C@@H]1C[C@@H](O)C[N+]1(C)C1(c2ccccc2OC)C(=O)N(S(=O)(=O)c2ccc(OC)cc2OC(F)(F)F)c2ccc(Cl)cc21. The first-order valence-electron chi connectivity index (χ1n) is 13.8. The van der Waals surface area contributed by atoms with E-state index in [-0.39, 0.29) is 46.3 Å². The van der Waals surface area contributed by atoms with Gasteiger partial charge in [0.25, 0.3) is 15.9 Å². The number of nitrogens with one attached hydrogen (secondary N) is 1. The number of amides is 2. The lowest BCUT2D eigenvalue weighted by atomic mass is 9.78. The second-order valence-corrected chi connectivity index (χ2v) is 13.2. The zero-order valence-corrected chi connectivity index (χ0v) is 26.5. The van der Waals surface area contributed by atoms with E-state index in [1.807, 2.05) is 0 Å². The summed E-state index contributed by atoms with van der Waals surface area (Å²) >= 11 is 6.47. The molecule has 11 nitrogen and oxygen atoms in total. The zero-order valence-electron chi connectivity index (χ0n) is 25.0. The fourth-order valence-electron chi connectivity index (χ4n) is 6.72. The van der Waals surface area contributed by atoms with Gasteiger partial charge in [-0.25, -0.2) is 8.42 Å². The number of quaternary nitrogens is 1. The first-order chi connectivity index (χ1) is 21.6. The van der Waals surface area contributed by atoms with Crippen molar-refractivity contribution in [1.29, 1.82) is 0 Å². The molecule has 4 atom stereocenters. The average Bonchev–Trinajstić information content (AvgIpc) is 3.46. The highest BCUT2D eigenvalue weighted by Gasteiger charge is 2.72. The Hall–Kier alpha value is -4.05. The Balaban J connectivity index is 1.89. The van der Waals surface area contributed by atoms with Crippen molar-refractivity contribution < 1.29 is 55.0 Å². The molecule has 3 aromatic rings. The molecule has 1 saturated heterocycles. The maximum Gasteiger partial charge on any atom is 0.573 e. The van der Waals surface area contributed by atoms with Gasteiger partial charge in [-0.3, -0.25) is 14.1 Å². The molecular weight excluding hydrogens is 655 g/mol. The molecule has 3 aromatic carbocycles. The number of anilines is 1. The van der Waals surface area contributed by atoms with Crippen LogP contribution in [0.5, 0.6) is 17.2 Å². The van der Waals surface area contributed by atoms with Crippen molar-refractivity contribution in [2.75, 3.05) is 39.2 Å². The highest BCUT2D eigenvalue weighted by atomic mass is 35.5. The Labute approximate surface area is 267 Å². The largest absolute Gasteiger partial charge is 0.573 e. The number of hydrogen-bond acceptors (Lipinski definition) is 8. The molecular formula is C30H30ClF3N3O8S+. The van der Waals surface area contributed by atoms with Gasteiger partial charge in [0.15, 0.2) is 11.8 Å². The number of alkyl halides is 3. The summed E-state index contributed by atoms with van der Waals surface area (Å²) in [5.74, 6) is -2.82. The van der Waals surface area contributed by atoms with Crippen molar-refractivity contribution in [3.63, 3.8) is 0 Å². The summed E-state index contributed by atoms with van der Waals surface area (Å²) in [5.41, 5.74) is -2.21. The third kappa shape index (κ3) is 5.01. The van der Waals surface area contributed by atoms with E-state index in [0.29, 0.717) is 4.31 Å². The molecule has 2 heterocycles. The summed E-state index contributed by atoms with van der Waals surface area (Å²) in [4.78, 5) is 27.7. The van der Waals surface area contributed by atoms with Crippen molar-refractivity contribution in [2.24, 2.45) is 0 Å². The van der Waals surface area contributed by atoms with Crippen LogP contribution in [0, 0.1) is 0 Å². The van der Waals surface area contributed by atoms with Crippen LogP contribution in [-0.2, 0) is 25.2 Å². The van der Waals surface area contributed by atoms with Gasteiger partial charge in [0.1, 0.15) is 29.0 Å². The zero-order chi connectivity index (χ0) is 33.8. The van der Waals surface area contributed by atoms with Gasteiger partial charge in [-0.15, -0.1) is 13.2 Å². The van der Waals surface area contributed by atoms with E-state index in [1.54, 1.807) is 12.1 Å². The number of benzene rings is 3. The Morgan fingerprint density at radius 2 is 1.76 bits per heavy atom. The fourth-order valence-corrected chi connectivity index (χ4v) is 8.45. The van der Waals surface area contributed by atoms with Gasteiger partial charge in [0.2, 0.25) is 5.54 Å². The molecule has 16 heteroatoms. The molecule has 0 saturated carbocycles. The summed E-state index contributed by atoms with van der Waals surface area (Å²) in [7, 11) is 0.223. The number of carbonyl (C=O) groups is 2.